The van der Waals surface area contributed by atoms with E-state index >= 15 is 0 Å². The summed E-state index contributed by atoms with van der Waals surface area (Å²) in [4.78, 5) is 0. The molecule has 2 aliphatic heterocycles. The smallest absolute Gasteiger partial charge is 0.167 e. The molecule has 2 aromatic carbocycles. The van der Waals surface area contributed by atoms with E-state index in [9.17, 15) is 5.26 Å². The largest absolute Gasteiger partial charge is 0.296 e. The molecular weight excluding hydrogens is 256 g/mol. The van der Waals surface area contributed by atoms with Gasteiger partial charge in [0.1, 0.15) is 17.6 Å². The second kappa shape index (κ2) is 3.96. The molecule has 0 N–H and O–H groups in total. The monoisotopic (exact) mass is 275 g/mol. The summed E-state index contributed by atoms with van der Waals surface area (Å²) >= 11 is 0. The van der Waals surface area contributed by atoms with E-state index in [1.54, 1.807) is 0 Å². The highest BCUT2D eigenvalue weighted by Crippen LogP contribution is 2.59. The van der Waals surface area contributed by atoms with Crippen molar-refractivity contribution in [2.45, 2.75) is 24.9 Å². The van der Waals surface area contributed by atoms with Crippen molar-refractivity contribution >= 4 is 0 Å². The Hall–Kier alpha value is -2.11. The van der Waals surface area contributed by atoms with Crippen LogP contribution in [-0.2, 0) is 12.0 Å². The van der Waals surface area contributed by atoms with Crippen LogP contribution in [0.1, 0.15) is 35.2 Å². The molecule has 2 heterocycles. The molecule has 0 aliphatic carbocycles. The Bertz CT molecular complexity index is 760. The van der Waals surface area contributed by atoms with Crippen molar-refractivity contribution in [3.05, 3.63) is 70.8 Å². The Morgan fingerprint density at radius 2 is 1.81 bits per heavy atom. The molecule has 104 valence electrons. The fourth-order valence-corrected chi connectivity index (χ4v) is 4.65. The maximum Gasteiger partial charge on any atom is 0.167 e. The fourth-order valence-electron chi connectivity index (χ4n) is 4.65. The number of nitrogens with zero attached hydrogens (tertiary/aromatic N) is 2. The molecule has 0 amide bonds. The number of nitriles is 1. The summed E-state index contributed by atoms with van der Waals surface area (Å²) in [5.41, 5.74) is 5.54. The minimum Gasteiger partial charge on any atom is -0.296 e. The molecule has 2 heteroatoms. The highest BCUT2D eigenvalue weighted by atomic mass is 15.4. The maximum absolute atomic E-state index is 9.42. The number of likely N-dealkylation sites (N-methyl/N-ethyl adjacent to an activating group) is 1. The van der Waals surface area contributed by atoms with Crippen LogP contribution < -0.4 is 0 Å². The highest BCUT2D eigenvalue weighted by Gasteiger charge is 2.62. The Morgan fingerprint density at radius 1 is 1.14 bits per heavy atom. The molecule has 2 bridgehead atoms. The number of benzene rings is 2. The van der Waals surface area contributed by atoms with Crippen molar-refractivity contribution < 1.29 is 4.48 Å². The third-order valence-corrected chi connectivity index (χ3v) is 5.91. The standard InChI is InChI=1S/C19H19N2/c1-19-16-9-5-3-7-14(16)13-18(21(19,2)12-11-20)15-8-4-6-10-17(15)19/h3-10,18H,12-13H2,1-2H3/q+1/t18-,19+,21+/m0/s1. The van der Waals surface area contributed by atoms with Crippen LogP contribution in [-0.4, -0.2) is 18.1 Å². The zero-order valence-electron chi connectivity index (χ0n) is 12.5. The molecule has 0 saturated carbocycles. The van der Waals surface area contributed by atoms with Gasteiger partial charge >= 0.3 is 0 Å². The molecular formula is C19H19N2+. The Kier molecular flexibility index (Phi) is 2.38. The van der Waals surface area contributed by atoms with E-state index in [4.69, 9.17) is 0 Å². The van der Waals surface area contributed by atoms with Gasteiger partial charge in [0.15, 0.2) is 6.54 Å². The third-order valence-electron chi connectivity index (χ3n) is 5.91. The summed E-state index contributed by atoms with van der Waals surface area (Å²) in [6, 6.07) is 20.4. The first kappa shape index (κ1) is 12.6. The molecule has 2 aromatic rings. The van der Waals surface area contributed by atoms with Crippen LogP contribution in [0, 0.1) is 11.3 Å². The predicted molar refractivity (Wildman–Crippen MR) is 82.4 cm³/mol. The summed E-state index contributed by atoms with van der Waals surface area (Å²) < 4.78 is 0.778. The molecule has 3 atom stereocenters. The van der Waals surface area contributed by atoms with Crippen molar-refractivity contribution in [3.8, 4) is 6.07 Å². The van der Waals surface area contributed by atoms with E-state index < -0.39 is 0 Å². The van der Waals surface area contributed by atoms with Gasteiger partial charge in [0, 0.05) is 23.1 Å². The van der Waals surface area contributed by atoms with Crippen molar-refractivity contribution in [3.63, 3.8) is 0 Å². The number of quaternary nitrogens is 1. The molecule has 0 fully saturated rings. The summed E-state index contributed by atoms with van der Waals surface area (Å²) in [6.07, 6.45) is 1.03. The van der Waals surface area contributed by atoms with Gasteiger partial charge in [-0.15, -0.1) is 0 Å². The van der Waals surface area contributed by atoms with Crippen LogP contribution >= 0.6 is 0 Å². The van der Waals surface area contributed by atoms with E-state index in [-0.39, 0.29) is 5.54 Å². The molecule has 21 heavy (non-hydrogen) atoms. The van der Waals surface area contributed by atoms with Crippen molar-refractivity contribution in [2.24, 2.45) is 0 Å². The SMILES string of the molecule is C[C@@]12c3ccccc3C[C@@H](c3ccccc31)[N@@+]2(C)CC#N. The molecule has 4 rings (SSSR count). The second-order valence-corrected chi connectivity index (χ2v) is 6.62. The van der Waals surface area contributed by atoms with E-state index in [1.807, 2.05) is 0 Å². The lowest BCUT2D eigenvalue weighted by Gasteiger charge is -2.50. The Balaban J connectivity index is 2.09. The van der Waals surface area contributed by atoms with Crippen LogP contribution in [0.2, 0.25) is 0 Å². The van der Waals surface area contributed by atoms with Crippen LogP contribution in [0.4, 0.5) is 0 Å². The molecule has 0 radical (unpaired) electrons. The lowest BCUT2D eigenvalue weighted by Crippen LogP contribution is -2.59. The Labute approximate surface area is 125 Å². The van der Waals surface area contributed by atoms with Crippen LogP contribution in [0.15, 0.2) is 48.5 Å². The second-order valence-electron chi connectivity index (χ2n) is 6.62. The topological polar surface area (TPSA) is 23.8 Å². The van der Waals surface area contributed by atoms with Gasteiger partial charge in [-0.2, -0.15) is 5.26 Å². The highest BCUT2D eigenvalue weighted by molar-refractivity contribution is 5.51. The van der Waals surface area contributed by atoms with E-state index in [0.29, 0.717) is 12.6 Å². The fraction of sp³-hybridized carbons (Fsp3) is 0.316. The molecule has 2 nitrogen and oxygen atoms in total. The summed E-state index contributed by atoms with van der Waals surface area (Å²) in [7, 11) is 2.25. The molecule has 0 unspecified atom stereocenters. The van der Waals surface area contributed by atoms with Gasteiger partial charge in [-0.25, -0.2) is 0 Å². The predicted octanol–water partition coefficient (Wildman–Crippen LogP) is 3.53. The van der Waals surface area contributed by atoms with Gasteiger partial charge in [-0.1, -0.05) is 48.5 Å². The first-order chi connectivity index (χ1) is 10.1. The number of fused-ring (bicyclic) bond motifs is 7. The molecule has 2 aliphatic rings. The van der Waals surface area contributed by atoms with Gasteiger partial charge in [0.2, 0.25) is 0 Å². The van der Waals surface area contributed by atoms with Crippen LogP contribution in [0.5, 0.6) is 0 Å². The first-order valence-corrected chi connectivity index (χ1v) is 7.53. The normalized spacial score (nSPS) is 32.1. The zero-order valence-corrected chi connectivity index (χ0v) is 12.5. The third kappa shape index (κ3) is 1.30. The van der Waals surface area contributed by atoms with Gasteiger partial charge in [-0.3, -0.25) is 4.48 Å². The maximum atomic E-state index is 9.42. The quantitative estimate of drug-likeness (QED) is 0.577. The minimum absolute atomic E-state index is 0.119. The summed E-state index contributed by atoms with van der Waals surface area (Å²) in [6.45, 7) is 2.87. The molecule has 0 spiro atoms. The van der Waals surface area contributed by atoms with Crippen molar-refractivity contribution in [1.82, 2.24) is 0 Å². The van der Waals surface area contributed by atoms with E-state index in [2.05, 4.69) is 68.6 Å². The molecule has 0 saturated heterocycles. The van der Waals surface area contributed by atoms with Gasteiger partial charge in [0.05, 0.1) is 7.05 Å². The molecule has 0 aromatic heterocycles. The number of hydrogen-bond acceptors (Lipinski definition) is 1. The zero-order chi connectivity index (χ0) is 14.7. The van der Waals surface area contributed by atoms with Gasteiger partial charge in [0.25, 0.3) is 0 Å². The van der Waals surface area contributed by atoms with Crippen molar-refractivity contribution in [1.29, 1.82) is 5.26 Å². The Morgan fingerprint density at radius 3 is 2.57 bits per heavy atom. The summed E-state index contributed by atoms with van der Waals surface area (Å²) in [5.74, 6) is 0. The van der Waals surface area contributed by atoms with Gasteiger partial charge in [-0.05, 0) is 12.5 Å². The summed E-state index contributed by atoms with van der Waals surface area (Å²) in [5, 5.41) is 9.42. The average molecular weight is 275 g/mol. The van der Waals surface area contributed by atoms with Crippen molar-refractivity contribution in [2.75, 3.05) is 13.6 Å². The number of rotatable bonds is 1. The van der Waals surface area contributed by atoms with Crippen LogP contribution in [0.25, 0.3) is 0 Å². The lowest BCUT2D eigenvalue weighted by molar-refractivity contribution is -0.975. The lowest BCUT2D eigenvalue weighted by atomic mass is 9.79. The van der Waals surface area contributed by atoms with Gasteiger partial charge < -0.3 is 0 Å². The van der Waals surface area contributed by atoms with Crippen LogP contribution in [0.3, 0.4) is 0 Å². The minimum atomic E-state index is -0.119. The van der Waals surface area contributed by atoms with E-state index in [1.165, 1.54) is 22.3 Å². The average Bonchev–Trinajstić information content (AvgIpc) is 2.62. The number of hydrogen-bond donors (Lipinski definition) is 0. The first-order valence-electron chi connectivity index (χ1n) is 7.53. The van der Waals surface area contributed by atoms with E-state index in [0.717, 1.165) is 10.9 Å².